The molecule has 0 aliphatic heterocycles. The predicted octanol–water partition coefficient (Wildman–Crippen LogP) is 2.31. The molecule has 3 aromatic rings. The molecule has 0 aliphatic rings. The summed E-state index contributed by atoms with van der Waals surface area (Å²) in [5.74, 6) is -0.893. The second-order valence-corrected chi connectivity index (χ2v) is 7.51. The zero-order chi connectivity index (χ0) is 18.9. The van der Waals surface area contributed by atoms with Crippen molar-refractivity contribution in [2.75, 3.05) is 11.5 Å². The molecule has 8 heteroatoms. The maximum atomic E-state index is 12.3. The van der Waals surface area contributed by atoms with E-state index in [0.29, 0.717) is 22.0 Å². The average molecular weight is 372 g/mol. The zero-order valence-electron chi connectivity index (χ0n) is 13.6. The van der Waals surface area contributed by atoms with Gasteiger partial charge in [0, 0.05) is 16.8 Å². The molecule has 0 aliphatic carbocycles. The van der Waals surface area contributed by atoms with Crippen LogP contribution in [0.2, 0.25) is 0 Å². The number of fused-ring (bicyclic) bond motifs is 1. The van der Waals surface area contributed by atoms with E-state index in [-0.39, 0.29) is 23.2 Å². The van der Waals surface area contributed by atoms with Crippen molar-refractivity contribution in [3.05, 3.63) is 60.2 Å². The maximum absolute atomic E-state index is 12.3. The van der Waals surface area contributed by atoms with Crippen molar-refractivity contribution >= 4 is 41.0 Å². The highest BCUT2D eigenvalue weighted by Crippen LogP contribution is 2.41. The highest BCUT2D eigenvalue weighted by Gasteiger charge is 2.27. The van der Waals surface area contributed by atoms with E-state index in [1.165, 1.54) is 24.3 Å². The Bertz CT molecular complexity index is 1040. The Morgan fingerprint density at radius 2 is 1.81 bits per heavy atom. The van der Waals surface area contributed by atoms with Crippen LogP contribution in [0.4, 0.5) is 11.4 Å². The molecular formula is C18H17N2O5P. The first-order chi connectivity index (χ1) is 12.3. The summed E-state index contributed by atoms with van der Waals surface area (Å²) in [4.78, 5) is 22.3. The number of hydrogen-bond donors (Lipinski definition) is 4. The summed E-state index contributed by atoms with van der Waals surface area (Å²) in [6, 6.07) is 13.7. The minimum Gasteiger partial charge on any atom is -0.507 e. The van der Waals surface area contributed by atoms with Crippen molar-refractivity contribution in [3.63, 3.8) is 0 Å². The topological polar surface area (TPSA) is 136 Å². The van der Waals surface area contributed by atoms with Crippen molar-refractivity contribution in [1.29, 1.82) is 0 Å². The molecule has 0 amide bonds. The molecule has 0 heterocycles. The van der Waals surface area contributed by atoms with Gasteiger partial charge in [-0.05, 0) is 41.3 Å². The fraction of sp³-hybridized carbons (Fsp3) is 0.0556. The molecule has 7 nitrogen and oxygen atoms in total. The Morgan fingerprint density at radius 1 is 1.08 bits per heavy atom. The van der Waals surface area contributed by atoms with E-state index in [9.17, 15) is 19.4 Å². The average Bonchev–Trinajstić information content (AvgIpc) is 2.57. The minimum atomic E-state index is -4.35. The summed E-state index contributed by atoms with van der Waals surface area (Å²) < 4.78 is 17.2. The van der Waals surface area contributed by atoms with Gasteiger partial charge >= 0.3 is 13.6 Å². The number of phenols is 1. The number of aromatic hydroxyl groups is 1. The van der Waals surface area contributed by atoms with Crippen molar-refractivity contribution < 1.29 is 23.9 Å². The van der Waals surface area contributed by atoms with Gasteiger partial charge in [-0.25, -0.2) is 4.57 Å². The van der Waals surface area contributed by atoms with E-state index in [2.05, 4.69) is 0 Å². The van der Waals surface area contributed by atoms with Crippen LogP contribution < -0.4 is 16.8 Å². The standard InChI is InChI=1S/C18H17N2O5P/c19-12-3-1-4-13(10-12)26(23,24)25-17(22)9-11-7-8-15(20)18-14(11)5-2-6-16(18)21/h1-8,10,21H,9,19-20H2,(H,23,24). The molecule has 1 unspecified atom stereocenters. The molecule has 0 aromatic heterocycles. The number of carbonyl (C=O) groups excluding carboxylic acids is 1. The van der Waals surface area contributed by atoms with Crippen LogP contribution >= 0.6 is 7.60 Å². The van der Waals surface area contributed by atoms with Crippen molar-refractivity contribution in [2.24, 2.45) is 0 Å². The Morgan fingerprint density at radius 3 is 2.54 bits per heavy atom. The summed E-state index contributed by atoms with van der Waals surface area (Å²) in [5.41, 5.74) is 12.6. The van der Waals surface area contributed by atoms with Gasteiger partial charge in [-0.1, -0.05) is 24.3 Å². The van der Waals surface area contributed by atoms with Crippen LogP contribution in [0.25, 0.3) is 10.8 Å². The maximum Gasteiger partial charge on any atom is 0.410 e. The lowest BCUT2D eigenvalue weighted by atomic mass is 10.00. The third-order valence-corrected chi connectivity index (χ3v) is 5.28. The first-order valence-electron chi connectivity index (χ1n) is 7.68. The largest absolute Gasteiger partial charge is 0.507 e. The Kier molecular flexibility index (Phi) is 4.59. The molecule has 0 saturated heterocycles. The highest BCUT2D eigenvalue weighted by molar-refractivity contribution is 7.61. The van der Waals surface area contributed by atoms with Gasteiger partial charge in [0.1, 0.15) is 5.75 Å². The lowest BCUT2D eigenvalue weighted by molar-refractivity contribution is -0.133. The Hall–Kier alpha value is -3.02. The molecule has 0 spiro atoms. The van der Waals surface area contributed by atoms with E-state index < -0.39 is 13.6 Å². The van der Waals surface area contributed by atoms with Gasteiger partial charge in [0.25, 0.3) is 0 Å². The van der Waals surface area contributed by atoms with Crippen LogP contribution in [0.5, 0.6) is 5.75 Å². The smallest absolute Gasteiger partial charge is 0.410 e. The van der Waals surface area contributed by atoms with Crippen LogP contribution in [0.15, 0.2) is 54.6 Å². The number of phenolic OH excluding ortho intramolecular Hbond substituents is 1. The van der Waals surface area contributed by atoms with Crippen LogP contribution in [0, 0.1) is 0 Å². The zero-order valence-corrected chi connectivity index (χ0v) is 14.5. The van der Waals surface area contributed by atoms with Gasteiger partial charge in [-0.15, -0.1) is 0 Å². The predicted molar refractivity (Wildman–Crippen MR) is 100 cm³/mol. The lowest BCUT2D eigenvalue weighted by Crippen LogP contribution is -2.14. The van der Waals surface area contributed by atoms with Gasteiger partial charge in [-0.2, -0.15) is 0 Å². The summed E-state index contributed by atoms with van der Waals surface area (Å²) in [6.07, 6.45) is -0.257. The monoisotopic (exact) mass is 372 g/mol. The summed E-state index contributed by atoms with van der Waals surface area (Å²) in [6.45, 7) is 0. The van der Waals surface area contributed by atoms with E-state index in [4.69, 9.17) is 16.0 Å². The minimum absolute atomic E-state index is 0.0113. The van der Waals surface area contributed by atoms with Crippen LogP contribution in [-0.2, 0) is 20.3 Å². The number of carbonyl (C=O) groups is 1. The first kappa shape index (κ1) is 17.8. The fourth-order valence-electron chi connectivity index (χ4n) is 2.71. The molecule has 3 aromatic carbocycles. The quantitative estimate of drug-likeness (QED) is 0.407. The Balaban J connectivity index is 1.87. The molecule has 3 rings (SSSR count). The summed E-state index contributed by atoms with van der Waals surface area (Å²) in [7, 11) is -4.35. The molecule has 0 radical (unpaired) electrons. The summed E-state index contributed by atoms with van der Waals surface area (Å²) >= 11 is 0. The van der Waals surface area contributed by atoms with Crippen LogP contribution in [0.3, 0.4) is 0 Å². The van der Waals surface area contributed by atoms with Crippen molar-refractivity contribution in [3.8, 4) is 5.75 Å². The summed E-state index contributed by atoms with van der Waals surface area (Å²) in [5, 5.41) is 10.9. The second kappa shape index (κ2) is 6.71. The van der Waals surface area contributed by atoms with Gasteiger partial charge in [0.15, 0.2) is 0 Å². The van der Waals surface area contributed by atoms with Gasteiger partial charge in [0.2, 0.25) is 0 Å². The SMILES string of the molecule is Nc1cccc(P(=O)(O)OC(=O)Cc2ccc(N)c3c(O)cccc23)c1. The van der Waals surface area contributed by atoms with Gasteiger partial charge < -0.3 is 26.0 Å². The lowest BCUT2D eigenvalue weighted by Gasteiger charge is -2.14. The van der Waals surface area contributed by atoms with Crippen molar-refractivity contribution in [2.45, 2.75) is 6.42 Å². The molecule has 134 valence electrons. The number of benzene rings is 3. The van der Waals surface area contributed by atoms with Crippen molar-refractivity contribution in [1.82, 2.24) is 0 Å². The third kappa shape index (κ3) is 3.49. The Labute approximate surface area is 149 Å². The fourth-order valence-corrected chi connectivity index (χ4v) is 3.74. The molecule has 0 fully saturated rings. The molecular weight excluding hydrogens is 355 g/mol. The second-order valence-electron chi connectivity index (χ2n) is 5.77. The first-order valence-corrected chi connectivity index (χ1v) is 9.26. The number of hydrogen-bond acceptors (Lipinski definition) is 6. The van der Waals surface area contributed by atoms with E-state index >= 15 is 0 Å². The van der Waals surface area contributed by atoms with E-state index in [1.54, 1.807) is 30.3 Å². The van der Waals surface area contributed by atoms with E-state index in [1.807, 2.05) is 0 Å². The molecule has 26 heavy (non-hydrogen) atoms. The van der Waals surface area contributed by atoms with E-state index in [0.717, 1.165) is 0 Å². The van der Waals surface area contributed by atoms with Crippen LogP contribution in [-0.4, -0.2) is 16.0 Å². The number of nitrogens with two attached hydrogens (primary N) is 2. The number of rotatable bonds is 4. The van der Waals surface area contributed by atoms with Crippen LogP contribution in [0.1, 0.15) is 5.56 Å². The van der Waals surface area contributed by atoms with Gasteiger partial charge in [-0.3, -0.25) is 4.79 Å². The normalized spacial score (nSPS) is 13.3. The molecule has 0 saturated carbocycles. The molecule has 0 bridgehead atoms. The third-order valence-electron chi connectivity index (χ3n) is 3.90. The molecule has 6 N–H and O–H groups in total. The number of nitrogen functional groups attached to an aromatic ring is 2. The molecule has 1 atom stereocenters. The highest BCUT2D eigenvalue weighted by atomic mass is 31.2. The number of anilines is 2. The van der Waals surface area contributed by atoms with Gasteiger partial charge in [0.05, 0.1) is 11.7 Å².